The van der Waals surface area contributed by atoms with Gasteiger partial charge in [-0.05, 0) is 43.8 Å². The number of Topliss-reactive ketones (excluding diaryl/α,β-unsaturated/α-hetero) is 1. The van der Waals surface area contributed by atoms with E-state index in [9.17, 15) is 9.90 Å². The molecule has 0 saturated carbocycles. The van der Waals surface area contributed by atoms with E-state index in [2.05, 4.69) is 12.2 Å². The van der Waals surface area contributed by atoms with E-state index in [1.54, 1.807) is 12.1 Å². The van der Waals surface area contributed by atoms with E-state index in [-0.39, 0.29) is 5.78 Å². The first kappa shape index (κ1) is 17.7. The van der Waals surface area contributed by atoms with Crippen LogP contribution in [-0.4, -0.2) is 48.1 Å². The van der Waals surface area contributed by atoms with Crippen LogP contribution in [-0.2, 0) is 0 Å². The van der Waals surface area contributed by atoms with Crippen molar-refractivity contribution in [3.05, 3.63) is 29.8 Å². The minimum atomic E-state index is -0.955. The molecule has 0 heterocycles. The molecular weight excluding hydrogens is 264 g/mol. The van der Waals surface area contributed by atoms with Crippen molar-refractivity contribution in [3.8, 4) is 0 Å². The maximum absolute atomic E-state index is 12.2. The van der Waals surface area contributed by atoms with E-state index < -0.39 is 6.10 Å². The largest absolute Gasteiger partial charge is 0.385 e. The van der Waals surface area contributed by atoms with Crippen LogP contribution in [0.25, 0.3) is 0 Å². The lowest BCUT2D eigenvalue weighted by Gasteiger charge is -2.21. The highest BCUT2D eigenvalue weighted by molar-refractivity contribution is 5.99. The molecule has 1 unspecified atom stereocenters. The molecule has 4 nitrogen and oxygen atoms in total. The number of nitrogens with zero attached hydrogens (tertiary/aromatic N) is 1. The molecular formula is C17H28N2O2. The van der Waals surface area contributed by atoms with Gasteiger partial charge in [0.15, 0.2) is 5.78 Å². The SMILES string of the molecule is CCCCNc1ccc(C(=O)C(O)CN(CC)CC)cc1. The van der Waals surface area contributed by atoms with E-state index in [0.717, 1.165) is 38.2 Å². The van der Waals surface area contributed by atoms with Gasteiger partial charge in [-0.1, -0.05) is 27.2 Å². The van der Waals surface area contributed by atoms with Crippen LogP contribution in [0, 0.1) is 0 Å². The molecule has 1 aromatic rings. The Balaban J connectivity index is 2.57. The number of ketones is 1. The van der Waals surface area contributed by atoms with Crippen LogP contribution in [0.4, 0.5) is 5.69 Å². The van der Waals surface area contributed by atoms with Gasteiger partial charge in [-0.3, -0.25) is 4.79 Å². The molecule has 2 N–H and O–H groups in total. The summed E-state index contributed by atoms with van der Waals surface area (Å²) in [7, 11) is 0. The lowest BCUT2D eigenvalue weighted by atomic mass is 10.1. The number of nitrogens with one attached hydrogen (secondary N) is 1. The summed E-state index contributed by atoms with van der Waals surface area (Å²) in [4.78, 5) is 14.2. The van der Waals surface area contributed by atoms with Gasteiger partial charge < -0.3 is 15.3 Å². The van der Waals surface area contributed by atoms with E-state index in [1.807, 2.05) is 30.9 Å². The Labute approximate surface area is 128 Å². The Morgan fingerprint density at radius 2 is 1.81 bits per heavy atom. The van der Waals surface area contributed by atoms with Crippen LogP contribution in [0.1, 0.15) is 44.0 Å². The van der Waals surface area contributed by atoms with Crippen molar-refractivity contribution in [2.75, 3.05) is 31.5 Å². The third kappa shape index (κ3) is 5.86. The minimum Gasteiger partial charge on any atom is -0.385 e. The molecule has 0 spiro atoms. The summed E-state index contributed by atoms with van der Waals surface area (Å²) in [5, 5.41) is 13.3. The van der Waals surface area contributed by atoms with Crippen LogP contribution in [0.15, 0.2) is 24.3 Å². The van der Waals surface area contributed by atoms with Gasteiger partial charge in [-0.2, -0.15) is 0 Å². The standard InChI is InChI=1S/C17H28N2O2/c1-4-7-12-18-15-10-8-14(9-11-15)17(21)16(20)13-19(5-2)6-3/h8-11,16,18,20H,4-7,12-13H2,1-3H3. The summed E-state index contributed by atoms with van der Waals surface area (Å²) in [5.74, 6) is -0.206. The Morgan fingerprint density at radius 1 is 1.19 bits per heavy atom. The van der Waals surface area contributed by atoms with Crippen molar-refractivity contribution in [1.82, 2.24) is 4.90 Å². The minimum absolute atomic E-state index is 0.206. The number of unbranched alkanes of at least 4 members (excludes halogenated alkanes) is 1. The lowest BCUT2D eigenvalue weighted by molar-refractivity contribution is 0.0654. The summed E-state index contributed by atoms with van der Waals surface area (Å²) in [6.07, 6.45) is 1.33. The van der Waals surface area contributed by atoms with Crippen LogP contribution >= 0.6 is 0 Å². The fraction of sp³-hybridized carbons (Fsp3) is 0.588. The highest BCUT2D eigenvalue weighted by Gasteiger charge is 2.19. The maximum atomic E-state index is 12.2. The number of aliphatic hydroxyl groups excluding tert-OH is 1. The Hall–Kier alpha value is -1.39. The number of benzene rings is 1. The average molecular weight is 292 g/mol. The zero-order valence-electron chi connectivity index (χ0n) is 13.4. The van der Waals surface area contributed by atoms with Gasteiger partial charge in [0.1, 0.15) is 6.10 Å². The third-order valence-corrected chi connectivity index (χ3v) is 3.66. The third-order valence-electron chi connectivity index (χ3n) is 3.66. The van der Waals surface area contributed by atoms with Crippen LogP contribution in [0.5, 0.6) is 0 Å². The molecule has 1 rings (SSSR count). The molecule has 0 aliphatic heterocycles. The van der Waals surface area contributed by atoms with E-state index in [0.29, 0.717) is 12.1 Å². The van der Waals surface area contributed by atoms with Gasteiger partial charge in [0.05, 0.1) is 0 Å². The molecule has 0 fully saturated rings. The van der Waals surface area contributed by atoms with Crippen molar-refractivity contribution >= 4 is 11.5 Å². The van der Waals surface area contributed by atoms with Gasteiger partial charge in [0.2, 0.25) is 0 Å². The number of rotatable bonds is 10. The van der Waals surface area contributed by atoms with E-state index in [4.69, 9.17) is 0 Å². The van der Waals surface area contributed by atoms with Crippen molar-refractivity contribution in [1.29, 1.82) is 0 Å². The molecule has 0 saturated heterocycles. The summed E-state index contributed by atoms with van der Waals surface area (Å²) in [6, 6.07) is 7.35. The number of likely N-dealkylation sites (N-methyl/N-ethyl adjacent to an activating group) is 1. The van der Waals surface area contributed by atoms with Crippen LogP contribution in [0.3, 0.4) is 0 Å². The molecule has 0 amide bonds. The van der Waals surface area contributed by atoms with Crippen molar-refractivity contribution in [3.63, 3.8) is 0 Å². The number of hydrogen-bond acceptors (Lipinski definition) is 4. The quantitative estimate of drug-likeness (QED) is 0.514. The van der Waals surface area contributed by atoms with Gasteiger partial charge in [0, 0.05) is 24.3 Å². The topological polar surface area (TPSA) is 52.6 Å². The summed E-state index contributed by atoms with van der Waals surface area (Å²) in [6.45, 7) is 9.20. The van der Waals surface area contributed by atoms with Crippen molar-refractivity contribution in [2.45, 2.75) is 39.7 Å². The Morgan fingerprint density at radius 3 is 2.33 bits per heavy atom. The predicted molar refractivity (Wildman–Crippen MR) is 88.0 cm³/mol. The monoisotopic (exact) mass is 292 g/mol. The van der Waals surface area contributed by atoms with Gasteiger partial charge in [-0.15, -0.1) is 0 Å². The first-order valence-corrected chi connectivity index (χ1v) is 7.90. The van der Waals surface area contributed by atoms with Gasteiger partial charge in [0.25, 0.3) is 0 Å². The molecule has 0 bridgehead atoms. The first-order chi connectivity index (χ1) is 10.1. The van der Waals surface area contributed by atoms with Crippen LogP contribution in [0.2, 0.25) is 0 Å². The van der Waals surface area contributed by atoms with Gasteiger partial charge in [-0.25, -0.2) is 0 Å². The number of hydrogen-bond donors (Lipinski definition) is 2. The molecule has 0 aromatic heterocycles. The fourth-order valence-electron chi connectivity index (χ4n) is 2.16. The zero-order valence-corrected chi connectivity index (χ0v) is 13.4. The van der Waals surface area contributed by atoms with E-state index >= 15 is 0 Å². The molecule has 4 heteroatoms. The van der Waals surface area contributed by atoms with E-state index in [1.165, 1.54) is 0 Å². The Bertz CT molecular complexity index is 413. The molecule has 21 heavy (non-hydrogen) atoms. The molecule has 0 radical (unpaired) electrons. The number of carbonyl (C=O) groups is 1. The summed E-state index contributed by atoms with van der Waals surface area (Å²) in [5.41, 5.74) is 1.58. The fourth-order valence-corrected chi connectivity index (χ4v) is 2.16. The average Bonchev–Trinajstić information content (AvgIpc) is 2.52. The number of aliphatic hydroxyl groups is 1. The van der Waals surface area contributed by atoms with Crippen molar-refractivity contribution in [2.24, 2.45) is 0 Å². The second-order valence-electron chi connectivity index (χ2n) is 5.22. The number of anilines is 1. The van der Waals surface area contributed by atoms with Gasteiger partial charge >= 0.3 is 0 Å². The predicted octanol–water partition coefficient (Wildman–Crippen LogP) is 2.78. The molecule has 1 atom stereocenters. The highest BCUT2D eigenvalue weighted by atomic mass is 16.3. The molecule has 1 aromatic carbocycles. The maximum Gasteiger partial charge on any atom is 0.192 e. The first-order valence-electron chi connectivity index (χ1n) is 7.90. The van der Waals surface area contributed by atoms with Crippen molar-refractivity contribution < 1.29 is 9.90 Å². The molecule has 0 aliphatic carbocycles. The lowest BCUT2D eigenvalue weighted by Crippen LogP contribution is -2.36. The zero-order chi connectivity index (χ0) is 15.7. The number of carbonyl (C=O) groups excluding carboxylic acids is 1. The molecule has 0 aliphatic rings. The molecule has 118 valence electrons. The summed E-state index contributed by atoms with van der Waals surface area (Å²) < 4.78 is 0. The normalized spacial score (nSPS) is 12.4. The second-order valence-corrected chi connectivity index (χ2v) is 5.22. The summed E-state index contributed by atoms with van der Waals surface area (Å²) >= 11 is 0. The smallest absolute Gasteiger partial charge is 0.192 e. The Kier molecular flexibility index (Phi) is 8.01. The van der Waals surface area contributed by atoms with Crippen LogP contribution < -0.4 is 5.32 Å². The highest BCUT2D eigenvalue weighted by Crippen LogP contribution is 2.12. The second kappa shape index (κ2) is 9.53.